The van der Waals surface area contributed by atoms with Gasteiger partial charge in [0.15, 0.2) is 5.69 Å². The molecule has 1 amide bonds. The number of rotatable bonds is 8. The summed E-state index contributed by atoms with van der Waals surface area (Å²) in [5, 5.41) is 19.3. The first-order valence-electron chi connectivity index (χ1n) is 9.38. The number of azo groups is 1. The minimum absolute atomic E-state index is 0.0537. The fourth-order valence-electron chi connectivity index (χ4n) is 3.12. The molecule has 3 aromatic rings. The number of fused-ring (bicyclic) bond motifs is 1. The number of unbranched alkanes of at least 4 members (excludes halogenated alkanes) is 4. The molecule has 2 aromatic heterocycles. The number of aromatic hydroxyl groups is 1. The molecule has 0 radical (unpaired) electrons. The highest BCUT2D eigenvalue weighted by molar-refractivity contribution is 5.97. The smallest absolute Gasteiger partial charge is 0.295 e. The third-order valence-electron chi connectivity index (χ3n) is 4.57. The molecule has 6 nitrogen and oxygen atoms in total. The highest BCUT2D eigenvalue weighted by Gasteiger charge is 2.16. The van der Waals surface area contributed by atoms with Crippen LogP contribution in [0.2, 0.25) is 0 Å². The first-order chi connectivity index (χ1) is 13.2. The molecule has 0 spiro atoms. The third-order valence-corrected chi connectivity index (χ3v) is 4.57. The van der Waals surface area contributed by atoms with Crippen LogP contribution in [-0.4, -0.2) is 20.6 Å². The number of hydrogen-bond donors (Lipinski definition) is 1. The number of benzene rings is 1. The van der Waals surface area contributed by atoms with E-state index in [1.54, 1.807) is 12.1 Å². The normalized spacial score (nSPS) is 11.4. The molecular formula is C21H24N4O2. The van der Waals surface area contributed by atoms with Crippen LogP contribution in [0.1, 0.15) is 49.4 Å². The molecule has 0 atom stereocenters. The Balaban J connectivity index is 1.84. The van der Waals surface area contributed by atoms with Crippen molar-refractivity contribution in [1.82, 2.24) is 9.55 Å². The minimum Gasteiger partial charge on any atom is -0.493 e. The molecule has 6 heteroatoms. The lowest BCUT2D eigenvalue weighted by molar-refractivity contribution is 0.0995. The van der Waals surface area contributed by atoms with Gasteiger partial charge in [-0.3, -0.25) is 9.78 Å². The standard InChI is InChI=1S/C21H24N4O2/c1-2-3-4-5-8-15-25-18-10-7-6-9-17(18)19(21(25)27)23-24-20(26)16-11-13-22-14-12-16/h6-7,9-14,27H,2-5,8,15H2,1H3. The molecule has 0 aliphatic carbocycles. The van der Waals surface area contributed by atoms with E-state index < -0.39 is 5.91 Å². The second-order valence-corrected chi connectivity index (χ2v) is 6.50. The lowest BCUT2D eigenvalue weighted by Crippen LogP contribution is -1.97. The van der Waals surface area contributed by atoms with Crippen LogP contribution in [0.5, 0.6) is 5.88 Å². The average molecular weight is 364 g/mol. The van der Waals surface area contributed by atoms with Crippen LogP contribution in [-0.2, 0) is 6.54 Å². The molecular weight excluding hydrogens is 340 g/mol. The van der Waals surface area contributed by atoms with Crippen molar-refractivity contribution < 1.29 is 9.90 Å². The van der Waals surface area contributed by atoms with E-state index >= 15 is 0 Å². The third kappa shape index (κ3) is 4.39. The zero-order valence-electron chi connectivity index (χ0n) is 15.5. The van der Waals surface area contributed by atoms with E-state index in [0.29, 0.717) is 17.8 Å². The number of carbonyl (C=O) groups is 1. The molecule has 0 fully saturated rings. The SMILES string of the molecule is CCCCCCCn1c(O)c(N=NC(=O)c2ccncc2)c2ccccc21. The molecule has 140 valence electrons. The maximum absolute atomic E-state index is 12.2. The Morgan fingerprint density at radius 3 is 2.59 bits per heavy atom. The van der Waals surface area contributed by atoms with Gasteiger partial charge in [0.05, 0.1) is 5.52 Å². The molecule has 3 rings (SSSR count). The van der Waals surface area contributed by atoms with Crippen molar-refractivity contribution in [3.63, 3.8) is 0 Å². The van der Waals surface area contributed by atoms with Crippen molar-refractivity contribution >= 4 is 22.5 Å². The summed E-state index contributed by atoms with van der Waals surface area (Å²) in [5.74, 6) is -0.411. The summed E-state index contributed by atoms with van der Waals surface area (Å²) in [6.07, 6.45) is 8.80. The van der Waals surface area contributed by atoms with Gasteiger partial charge in [-0.15, -0.1) is 10.2 Å². The topological polar surface area (TPSA) is 79.8 Å². The Morgan fingerprint density at radius 2 is 1.81 bits per heavy atom. The zero-order chi connectivity index (χ0) is 19.1. The fourth-order valence-corrected chi connectivity index (χ4v) is 3.12. The maximum atomic E-state index is 12.2. The number of aryl methyl sites for hydroxylation is 1. The summed E-state index contributed by atoms with van der Waals surface area (Å²) in [6.45, 7) is 2.90. The molecule has 0 saturated carbocycles. The zero-order valence-corrected chi connectivity index (χ0v) is 15.5. The van der Waals surface area contributed by atoms with Crippen LogP contribution in [0.15, 0.2) is 59.0 Å². The van der Waals surface area contributed by atoms with Gasteiger partial charge in [0.25, 0.3) is 5.91 Å². The van der Waals surface area contributed by atoms with Crippen molar-refractivity contribution in [2.45, 2.75) is 45.6 Å². The Labute approximate surface area is 158 Å². The molecule has 1 N–H and O–H groups in total. The molecule has 27 heavy (non-hydrogen) atoms. The summed E-state index contributed by atoms with van der Waals surface area (Å²) in [4.78, 5) is 16.1. The van der Waals surface area contributed by atoms with Crippen LogP contribution in [0, 0.1) is 0 Å². The minimum atomic E-state index is -0.465. The van der Waals surface area contributed by atoms with Crippen LogP contribution < -0.4 is 0 Å². The number of nitrogens with zero attached hydrogens (tertiary/aromatic N) is 4. The lowest BCUT2D eigenvalue weighted by Gasteiger charge is -2.06. The van der Waals surface area contributed by atoms with E-state index in [-0.39, 0.29) is 5.88 Å². The highest BCUT2D eigenvalue weighted by atomic mass is 16.3. The summed E-state index contributed by atoms with van der Waals surface area (Å²) in [7, 11) is 0. The molecule has 0 unspecified atom stereocenters. The maximum Gasteiger partial charge on any atom is 0.295 e. The molecule has 2 heterocycles. The summed E-state index contributed by atoms with van der Waals surface area (Å²) in [5.41, 5.74) is 1.64. The number of carbonyl (C=O) groups excluding carboxylic acids is 1. The number of aromatic nitrogens is 2. The van der Waals surface area contributed by atoms with Crippen molar-refractivity contribution in [3.8, 4) is 5.88 Å². The largest absolute Gasteiger partial charge is 0.493 e. The van der Waals surface area contributed by atoms with Gasteiger partial charge in [-0.05, 0) is 24.6 Å². The summed E-state index contributed by atoms with van der Waals surface area (Å²) in [6, 6.07) is 10.8. The van der Waals surface area contributed by atoms with E-state index in [0.717, 1.165) is 23.7 Å². The van der Waals surface area contributed by atoms with E-state index in [2.05, 4.69) is 22.1 Å². The summed E-state index contributed by atoms with van der Waals surface area (Å²) < 4.78 is 1.85. The second kappa shape index (κ2) is 9.07. The van der Waals surface area contributed by atoms with Crippen molar-refractivity contribution in [2.75, 3.05) is 0 Å². The van der Waals surface area contributed by atoms with Gasteiger partial charge < -0.3 is 9.67 Å². The first kappa shape index (κ1) is 18.8. The predicted octanol–water partition coefficient (Wildman–Crippen LogP) is 5.64. The average Bonchev–Trinajstić information content (AvgIpc) is 2.98. The van der Waals surface area contributed by atoms with Gasteiger partial charge in [-0.1, -0.05) is 50.8 Å². The van der Waals surface area contributed by atoms with Crippen molar-refractivity contribution in [2.24, 2.45) is 10.2 Å². The van der Waals surface area contributed by atoms with Crippen LogP contribution in [0.4, 0.5) is 5.69 Å². The Bertz CT molecular complexity index is 932. The van der Waals surface area contributed by atoms with Gasteiger partial charge in [0.1, 0.15) is 0 Å². The van der Waals surface area contributed by atoms with Gasteiger partial charge >= 0.3 is 0 Å². The molecule has 1 aromatic carbocycles. The molecule has 0 saturated heterocycles. The Hall–Kier alpha value is -3.02. The number of para-hydroxylation sites is 1. The van der Waals surface area contributed by atoms with E-state index in [9.17, 15) is 9.90 Å². The Kier molecular flexibility index (Phi) is 6.30. The summed E-state index contributed by atoms with van der Waals surface area (Å²) >= 11 is 0. The van der Waals surface area contributed by atoms with E-state index in [1.807, 2.05) is 28.8 Å². The van der Waals surface area contributed by atoms with Gasteiger partial charge in [0, 0.05) is 29.9 Å². The van der Waals surface area contributed by atoms with Gasteiger partial charge in [0.2, 0.25) is 5.88 Å². The van der Waals surface area contributed by atoms with Crippen molar-refractivity contribution in [1.29, 1.82) is 0 Å². The van der Waals surface area contributed by atoms with Crippen LogP contribution in [0.25, 0.3) is 10.9 Å². The van der Waals surface area contributed by atoms with Crippen LogP contribution >= 0.6 is 0 Å². The van der Waals surface area contributed by atoms with Crippen molar-refractivity contribution in [3.05, 3.63) is 54.4 Å². The van der Waals surface area contributed by atoms with Crippen LogP contribution in [0.3, 0.4) is 0 Å². The highest BCUT2D eigenvalue weighted by Crippen LogP contribution is 2.39. The van der Waals surface area contributed by atoms with E-state index in [1.165, 1.54) is 31.7 Å². The second-order valence-electron chi connectivity index (χ2n) is 6.50. The molecule has 0 bridgehead atoms. The van der Waals surface area contributed by atoms with Gasteiger partial charge in [-0.2, -0.15) is 0 Å². The molecule has 0 aliphatic heterocycles. The van der Waals surface area contributed by atoms with E-state index in [4.69, 9.17) is 0 Å². The number of amides is 1. The lowest BCUT2D eigenvalue weighted by atomic mass is 10.1. The Morgan fingerprint density at radius 1 is 1.07 bits per heavy atom. The first-order valence-corrected chi connectivity index (χ1v) is 9.38. The molecule has 0 aliphatic rings. The number of hydrogen-bond acceptors (Lipinski definition) is 4. The quantitative estimate of drug-likeness (QED) is 0.415. The fraction of sp³-hybridized carbons (Fsp3) is 0.333. The monoisotopic (exact) mass is 364 g/mol. The number of pyridine rings is 1. The predicted molar refractivity (Wildman–Crippen MR) is 105 cm³/mol. The van der Waals surface area contributed by atoms with Gasteiger partial charge in [-0.25, -0.2) is 0 Å².